The van der Waals surface area contributed by atoms with Gasteiger partial charge >= 0.3 is 0 Å². The lowest BCUT2D eigenvalue weighted by molar-refractivity contribution is -0.120. The largest absolute Gasteiger partial charge is 0.382 e. The van der Waals surface area contributed by atoms with Gasteiger partial charge in [-0.25, -0.2) is 0 Å². The monoisotopic (exact) mass is 290 g/mol. The van der Waals surface area contributed by atoms with Gasteiger partial charge in [-0.3, -0.25) is 0 Å². The minimum Gasteiger partial charge on any atom is -0.382 e. The molecular formula is C11H15BrO2S. The zero-order valence-electron chi connectivity index (χ0n) is 8.70. The van der Waals surface area contributed by atoms with Crippen LogP contribution in [-0.2, 0) is 10.3 Å². The summed E-state index contributed by atoms with van der Waals surface area (Å²) in [6.45, 7) is 0. The van der Waals surface area contributed by atoms with E-state index in [9.17, 15) is 5.11 Å². The van der Waals surface area contributed by atoms with E-state index < -0.39 is 5.60 Å². The highest BCUT2D eigenvalue weighted by Crippen LogP contribution is 2.44. The molecule has 1 aromatic rings. The van der Waals surface area contributed by atoms with Gasteiger partial charge in [-0.15, -0.1) is 11.3 Å². The molecule has 2 atom stereocenters. The average Bonchev–Trinajstić information content (AvgIpc) is 2.66. The summed E-state index contributed by atoms with van der Waals surface area (Å²) in [5, 5.41) is 12.7. The molecule has 84 valence electrons. The highest BCUT2D eigenvalue weighted by Gasteiger charge is 2.42. The van der Waals surface area contributed by atoms with Crippen molar-refractivity contribution in [2.75, 3.05) is 7.11 Å². The topological polar surface area (TPSA) is 29.5 Å². The fraction of sp³-hybridized carbons (Fsp3) is 0.636. The molecule has 1 aromatic heterocycles. The lowest BCUT2D eigenvalue weighted by Gasteiger charge is -2.38. The Balaban J connectivity index is 2.34. The number of methoxy groups -OCH3 is 1. The van der Waals surface area contributed by atoms with Crippen LogP contribution in [0.1, 0.15) is 30.6 Å². The number of thiophene rings is 1. The summed E-state index contributed by atoms with van der Waals surface area (Å²) in [6, 6.07) is 1.99. The number of ether oxygens (including phenoxy) is 1. The summed E-state index contributed by atoms with van der Waals surface area (Å²) in [4.78, 5) is 1.01. The molecule has 1 heterocycles. The van der Waals surface area contributed by atoms with E-state index >= 15 is 0 Å². The molecule has 0 spiro atoms. The Morgan fingerprint density at radius 2 is 2.40 bits per heavy atom. The van der Waals surface area contributed by atoms with Gasteiger partial charge in [0, 0.05) is 11.6 Å². The molecule has 1 N–H and O–H groups in total. The zero-order chi connectivity index (χ0) is 10.9. The van der Waals surface area contributed by atoms with Crippen LogP contribution in [0.5, 0.6) is 0 Å². The number of halogens is 1. The van der Waals surface area contributed by atoms with Crippen molar-refractivity contribution >= 4 is 27.3 Å². The van der Waals surface area contributed by atoms with Crippen LogP contribution < -0.4 is 0 Å². The van der Waals surface area contributed by atoms with E-state index in [0.717, 1.165) is 35.0 Å². The molecule has 1 aliphatic carbocycles. The Morgan fingerprint density at radius 3 is 3.00 bits per heavy atom. The molecule has 0 bridgehead atoms. The SMILES string of the molecule is COC1CCCCC1(O)c1sccc1Br. The third-order valence-corrected chi connectivity index (χ3v) is 5.11. The second kappa shape index (κ2) is 4.53. The third kappa shape index (κ3) is 2.00. The van der Waals surface area contributed by atoms with Crippen molar-refractivity contribution in [2.24, 2.45) is 0 Å². The Morgan fingerprint density at radius 1 is 1.60 bits per heavy atom. The van der Waals surface area contributed by atoms with Crippen LogP contribution in [0, 0.1) is 0 Å². The average molecular weight is 291 g/mol. The van der Waals surface area contributed by atoms with Crippen LogP contribution in [-0.4, -0.2) is 18.3 Å². The molecule has 2 nitrogen and oxygen atoms in total. The minimum atomic E-state index is -0.792. The van der Waals surface area contributed by atoms with Crippen LogP contribution in [0.15, 0.2) is 15.9 Å². The quantitative estimate of drug-likeness (QED) is 0.906. The second-order valence-corrected chi connectivity index (χ2v) is 5.76. The van der Waals surface area contributed by atoms with E-state index in [2.05, 4.69) is 15.9 Å². The zero-order valence-corrected chi connectivity index (χ0v) is 11.1. The van der Waals surface area contributed by atoms with Crippen LogP contribution >= 0.6 is 27.3 Å². The fourth-order valence-electron chi connectivity index (χ4n) is 2.30. The number of rotatable bonds is 2. The number of aliphatic hydroxyl groups is 1. The molecule has 1 aliphatic rings. The predicted octanol–water partition coefficient (Wildman–Crippen LogP) is 3.29. The molecule has 2 unspecified atom stereocenters. The molecule has 1 saturated carbocycles. The van der Waals surface area contributed by atoms with Crippen molar-refractivity contribution < 1.29 is 9.84 Å². The molecule has 15 heavy (non-hydrogen) atoms. The fourth-order valence-corrected chi connectivity index (χ4v) is 4.19. The number of hydrogen-bond acceptors (Lipinski definition) is 3. The molecular weight excluding hydrogens is 276 g/mol. The second-order valence-electron chi connectivity index (χ2n) is 3.99. The Labute approximate surface area is 102 Å². The Kier molecular flexibility index (Phi) is 3.50. The Bertz CT molecular complexity index is 339. The molecule has 2 rings (SSSR count). The summed E-state index contributed by atoms with van der Waals surface area (Å²) < 4.78 is 6.42. The van der Waals surface area contributed by atoms with Crippen LogP contribution in [0.4, 0.5) is 0 Å². The lowest BCUT2D eigenvalue weighted by atomic mass is 9.81. The molecule has 0 aliphatic heterocycles. The van der Waals surface area contributed by atoms with Gasteiger partial charge in [-0.05, 0) is 46.6 Å². The summed E-state index contributed by atoms with van der Waals surface area (Å²) >= 11 is 5.09. The van der Waals surface area contributed by atoms with Crippen molar-refractivity contribution in [1.82, 2.24) is 0 Å². The van der Waals surface area contributed by atoms with Gasteiger partial charge in [-0.1, -0.05) is 6.42 Å². The normalized spacial score (nSPS) is 31.8. The van der Waals surface area contributed by atoms with Gasteiger partial charge in [-0.2, -0.15) is 0 Å². The van der Waals surface area contributed by atoms with Crippen molar-refractivity contribution in [1.29, 1.82) is 0 Å². The first-order valence-electron chi connectivity index (χ1n) is 5.17. The van der Waals surface area contributed by atoms with Crippen LogP contribution in [0.25, 0.3) is 0 Å². The van der Waals surface area contributed by atoms with Crippen LogP contribution in [0.3, 0.4) is 0 Å². The standard InChI is InChI=1S/C11H15BrO2S/c1-14-9-4-2-3-6-11(9,13)10-8(12)5-7-15-10/h5,7,9,13H,2-4,6H2,1H3. The molecule has 4 heteroatoms. The van der Waals surface area contributed by atoms with E-state index in [4.69, 9.17) is 4.74 Å². The molecule has 0 radical (unpaired) electrons. The van der Waals surface area contributed by atoms with Gasteiger partial charge in [0.2, 0.25) is 0 Å². The van der Waals surface area contributed by atoms with Crippen molar-refractivity contribution in [3.05, 3.63) is 20.8 Å². The van der Waals surface area contributed by atoms with E-state index in [1.807, 2.05) is 11.4 Å². The summed E-state index contributed by atoms with van der Waals surface area (Å²) in [5.74, 6) is 0. The molecule has 0 saturated heterocycles. The highest BCUT2D eigenvalue weighted by molar-refractivity contribution is 9.10. The molecule has 0 amide bonds. The van der Waals surface area contributed by atoms with Gasteiger partial charge in [0.1, 0.15) is 5.60 Å². The highest BCUT2D eigenvalue weighted by atomic mass is 79.9. The van der Waals surface area contributed by atoms with Gasteiger partial charge in [0.05, 0.1) is 11.0 Å². The first-order chi connectivity index (χ1) is 7.18. The summed E-state index contributed by atoms with van der Waals surface area (Å²) in [7, 11) is 1.68. The smallest absolute Gasteiger partial charge is 0.126 e. The van der Waals surface area contributed by atoms with E-state index in [-0.39, 0.29) is 6.10 Å². The summed E-state index contributed by atoms with van der Waals surface area (Å²) in [6.07, 6.45) is 3.88. The maximum atomic E-state index is 10.7. The van der Waals surface area contributed by atoms with E-state index in [0.29, 0.717) is 0 Å². The van der Waals surface area contributed by atoms with Gasteiger partial charge in [0.15, 0.2) is 0 Å². The molecule has 0 aromatic carbocycles. The van der Waals surface area contributed by atoms with Crippen molar-refractivity contribution in [2.45, 2.75) is 37.4 Å². The van der Waals surface area contributed by atoms with E-state index in [1.54, 1.807) is 18.4 Å². The van der Waals surface area contributed by atoms with E-state index in [1.165, 1.54) is 0 Å². The van der Waals surface area contributed by atoms with Crippen molar-refractivity contribution in [3.8, 4) is 0 Å². The third-order valence-electron chi connectivity index (χ3n) is 3.10. The van der Waals surface area contributed by atoms with Crippen LogP contribution in [0.2, 0.25) is 0 Å². The number of hydrogen-bond donors (Lipinski definition) is 1. The summed E-state index contributed by atoms with van der Waals surface area (Å²) in [5.41, 5.74) is -0.792. The predicted molar refractivity (Wildman–Crippen MR) is 65.2 cm³/mol. The Hall–Kier alpha value is 0.100. The first-order valence-corrected chi connectivity index (χ1v) is 6.84. The first kappa shape index (κ1) is 11.6. The van der Waals surface area contributed by atoms with Gasteiger partial charge in [0.25, 0.3) is 0 Å². The molecule has 1 fully saturated rings. The maximum Gasteiger partial charge on any atom is 0.126 e. The minimum absolute atomic E-state index is 0.0683. The maximum absolute atomic E-state index is 10.7. The lowest BCUT2D eigenvalue weighted by Crippen LogP contribution is -2.42. The van der Waals surface area contributed by atoms with Gasteiger partial charge < -0.3 is 9.84 Å². The van der Waals surface area contributed by atoms with Crippen molar-refractivity contribution in [3.63, 3.8) is 0 Å².